The van der Waals surface area contributed by atoms with Crippen molar-refractivity contribution in [3.05, 3.63) is 34.1 Å². The van der Waals surface area contributed by atoms with Gasteiger partial charge in [0.05, 0.1) is 4.92 Å². The summed E-state index contributed by atoms with van der Waals surface area (Å²) in [5.41, 5.74) is -0.493. The number of nitrogens with zero attached hydrogens (tertiary/aromatic N) is 1. The minimum absolute atomic E-state index is 0.0201. The lowest BCUT2D eigenvalue weighted by atomic mass is 10.2. The third-order valence-corrected chi connectivity index (χ3v) is 4.02. The highest BCUT2D eigenvalue weighted by molar-refractivity contribution is 7.89. The summed E-state index contributed by atoms with van der Waals surface area (Å²) >= 11 is 0. The van der Waals surface area contributed by atoms with Gasteiger partial charge in [-0.1, -0.05) is 0 Å². The Kier molecular flexibility index (Phi) is 5.99. The van der Waals surface area contributed by atoms with E-state index < -0.39 is 31.3 Å². The first-order chi connectivity index (χ1) is 9.38. The molecule has 1 rings (SSSR count). The van der Waals surface area contributed by atoms with Crippen LogP contribution in [0, 0.1) is 15.9 Å². The van der Waals surface area contributed by atoms with Gasteiger partial charge in [-0.2, -0.15) is 0 Å². The molecule has 0 radical (unpaired) electrons. The van der Waals surface area contributed by atoms with Crippen molar-refractivity contribution in [1.82, 2.24) is 4.72 Å². The van der Waals surface area contributed by atoms with Gasteiger partial charge in [0.25, 0.3) is 5.69 Å². The molecule has 0 atom stereocenters. The van der Waals surface area contributed by atoms with Gasteiger partial charge in [-0.05, 0) is 25.3 Å². The molecule has 0 saturated heterocycles. The second-order valence-corrected chi connectivity index (χ2v) is 5.79. The van der Waals surface area contributed by atoms with E-state index in [-0.39, 0.29) is 13.2 Å². The molecule has 0 unspecified atom stereocenters. The van der Waals surface area contributed by atoms with Crippen LogP contribution in [-0.2, 0) is 10.0 Å². The summed E-state index contributed by atoms with van der Waals surface area (Å²) in [7, 11) is -4.13. The summed E-state index contributed by atoms with van der Waals surface area (Å²) in [6.07, 6.45) is 1.65. The zero-order chi connectivity index (χ0) is 15.2. The second kappa shape index (κ2) is 7.27. The number of unbranched alkanes of at least 4 members (excludes halogenated alkanes) is 2. The maximum Gasteiger partial charge on any atom is 0.270 e. The number of halogens is 1. The van der Waals surface area contributed by atoms with Gasteiger partial charge < -0.3 is 5.11 Å². The van der Waals surface area contributed by atoms with Crippen LogP contribution in [0.5, 0.6) is 0 Å². The minimum atomic E-state index is -4.13. The van der Waals surface area contributed by atoms with Gasteiger partial charge in [0.1, 0.15) is 10.7 Å². The molecule has 9 heteroatoms. The van der Waals surface area contributed by atoms with Gasteiger partial charge in [0.15, 0.2) is 0 Å². The number of nitro groups is 1. The number of non-ortho nitro benzene ring substituents is 1. The first-order valence-corrected chi connectivity index (χ1v) is 7.41. The van der Waals surface area contributed by atoms with Crippen LogP contribution in [0.25, 0.3) is 0 Å². The van der Waals surface area contributed by atoms with Crippen LogP contribution in [0.1, 0.15) is 19.3 Å². The highest BCUT2D eigenvalue weighted by Crippen LogP contribution is 2.20. The fourth-order valence-corrected chi connectivity index (χ4v) is 2.68. The summed E-state index contributed by atoms with van der Waals surface area (Å²) in [6, 6.07) is 2.33. The zero-order valence-corrected chi connectivity index (χ0v) is 11.4. The van der Waals surface area contributed by atoms with E-state index in [9.17, 15) is 22.9 Å². The molecule has 0 spiro atoms. The van der Waals surface area contributed by atoms with Crippen LogP contribution in [-0.4, -0.2) is 31.6 Å². The molecule has 0 heterocycles. The number of aliphatic hydroxyl groups excluding tert-OH is 1. The zero-order valence-electron chi connectivity index (χ0n) is 10.6. The van der Waals surface area contributed by atoms with Crippen molar-refractivity contribution in [3.63, 3.8) is 0 Å². The van der Waals surface area contributed by atoms with Gasteiger partial charge in [0.2, 0.25) is 10.0 Å². The minimum Gasteiger partial charge on any atom is -0.396 e. The van der Waals surface area contributed by atoms with Crippen LogP contribution in [0.15, 0.2) is 23.1 Å². The van der Waals surface area contributed by atoms with E-state index in [0.29, 0.717) is 25.3 Å². The molecule has 0 aliphatic carbocycles. The van der Waals surface area contributed by atoms with E-state index in [2.05, 4.69) is 4.72 Å². The average molecular weight is 306 g/mol. The molecular weight excluding hydrogens is 291 g/mol. The third kappa shape index (κ3) is 4.51. The smallest absolute Gasteiger partial charge is 0.270 e. The average Bonchev–Trinajstić information content (AvgIpc) is 2.38. The lowest BCUT2D eigenvalue weighted by Gasteiger charge is -2.07. The van der Waals surface area contributed by atoms with Crippen LogP contribution in [0.2, 0.25) is 0 Å². The predicted octanol–water partition coefficient (Wildman–Crippen LogP) is 1.17. The van der Waals surface area contributed by atoms with E-state index in [0.717, 1.165) is 12.1 Å². The Bertz CT molecular complexity index is 576. The maximum absolute atomic E-state index is 13.5. The Hall–Kier alpha value is -1.58. The molecule has 0 aliphatic heterocycles. The van der Waals surface area contributed by atoms with Gasteiger partial charge >= 0.3 is 0 Å². The topological polar surface area (TPSA) is 110 Å². The molecule has 2 N–H and O–H groups in total. The molecule has 1 aromatic rings. The summed E-state index contributed by atoms with van der Waals surface area (Å²) in [5, 5.41) is 19.1. The number of benzene rings is 1. The molecule has 112 valence electrons. The van der Waals surface area contributed by atoms with Gasteiger partial charge in [-0.15, -0.1) is 0 Å². The first kappa shape index (κ1) is 16.5. The molecule has 0 amide bonds. The number of nitrogens with one attached hydrogen (secondary N) is 1. The van der Waals surface area contributed by atoms with E-state index in [1.807, 2.05) is 0 Å². The van der Waals surface area contributed by atoms with Crippen molar-refractivity contribution in [2.24, 2.45) is 0 Å². The fourth-order valence-electron chi connectivity index (χ4n) is 1.51. The third-order valence-electron chi connectivity index (χ3n) is 2.54. The van der Waals surface area contributed by atoms with Gasteiger partial charge in [-0.25, -0.2) is 17.5 Å². The molecule has 7 nitrogen and oxygen atoms in total. The second-order valence-electron chi connectivity index (χ2n) is 4.05. The number of rotatable bonds is 8. The summed E-state index contributed by atoms with van der Waals surface area (Å²) in [4.78, 5) is 9.03. The molecule has 0 saturated carbocycles. The molecule has 20 heavy (non-hydrogen) atoms. The Morgan fingerprint density at radius 3 is 2.60 bits per heavy atom. The van der Waals surface area contributed by atoms with Crippen molar-refractivity contribution in [1.29, 1.82) is 0 Å². The van der Waals surface area contributed by atoms with Crippen molar-refractivity contribution in [3.8, 4) is 0 Å². The number of nitro benzene ring substituents is 1. The fraction of sp³-hybridized carbons (Fsp3) is 0.455. The highest BCUT2D eigenvalue weighted by Gasteiger charge is 2.22. The standard InChI is InChI=1S/C11H15FN2O5S/c12-10-5-4-9(14(16)17)8-11(10)20(18,19)13-6-2-1-3-7-15/h4-5,8,13,15H,1-3,6-7H2. The van der Waals surface area contributed by atoms with Crippen molar-refractivity contribution in [2.45, 2.75) is 24.2 Å². The van der Waals surface area contributed by atoms with Gasteiger partial charge in [-0.3, -0.25) is 10.1 Å². The van der Waals surface area contributed by atoms with E-state index in [1.54, 1.807) is 0 Å². The Morgan fingerprint density at radius 2 is 2.00 bits per heavy atom. The van der Waals surface area contributed by atoms with Crippen molar-refractivity contribution < 1.29 is 22.8 Å². The van der Waals surface area contributed by atoms with Crippen LogP contribution in [0.3, 0.4) is 0 Å². The lowest BCUT2D eigenvalue weighted by molar-refractivity contribution is -0.385. The van der Waals surface area contributed by atoms with Crippen LogP contribution >= 0.6 is 0 Å². The Morgan fingerprint density at radius 1 is 1.30 bits per heavy atom. The molecule has 0 aromatic heterocycles. The first-order valence-electron chi connectivity index (χ1n) is 5.93. The normalized spacial score (nSPS) is 11.5. The van der Waals surface area contributed by atoms with E-state index >= 15 is 0 Å². The van der Waals surface area contributed by atoms with E-state index in [4.69, 9.17) is 5.11 Å². The quantitative estimate of drug-likeness (QED) is 0.426. The summed E-state index contributed by atoms with van der Waals surface area (Å²) < 4.78 is 39.3. The molecular formula is C11H15FN2O5S. The largest absolute Gasteiger partial charge is 0.396 e. The monoisotopic (exact) mass is 306 g/mol. The summed E-state index contributed by atoms with van der Waals surface area (Å²) in [6.45, 7) is 0.0940. The lowest BCUT2D eigenvalue weighted by Crippen LogP contribution is -2.25. The Balaban J connectivity index is 2.81. The van der Waals surface area contributed by atoms with Gasteiger partial charge in [0, 0.05) is 25.3 Å². The van der Waals surface area contributed by atoms with Crippen LogP contribution < -0.4 is 4.72 Å². The number of hydrogen-bond donors (Lipinski definition) is 2. The molecule has 0 fully saturated rings. The number of hydrogen-bond acceptors (Lipinski definition) is 5. The molecule has 0 aliphatic rings. The summed E-state index contributed by atoms with van der Waals surface area (Å²) in [5.74, 6) is -1.04. The SMILES string of the molecule is O=[N+]([O-])c1ccc(F)c(S(=O)(=O)NCCCCCO)c1. The highest BCUT2D eigenvalue weighted by atomic mass is 32.2. The molecule has 0 bridgehead atoms. The molecule has 1 aromatic carbocycles. The van der Waals surface area contributed by atoms with E-state index in [1.165, 1.54) is 0 Å². The predicted molar refractivity (Wildman–Crippen MR) is 69.2 cm³/mol. The number of aliphatic hydroxyl groups is 1. The van der Waals surface area contributed by atoms with Crippen molar-refractivity contribution >= 4 is 15.7 Å². The van der Waals surface area contributed by atoms with Crippen LogP contribution in [0.4, 0.5) is 10.1 Å². The Labute approximate surface area is 115 Å². The number of sulfonamides is 1. The van der Waals surface area contributed by atoms with Crippen molar-refractivity contribution in [2.75, 3.05) is 13.2 Å². The maximum atomic E-state index is 13.5.